The van der Waals surface area contributed by atoms with Crippen molar-refractivity contribution in [2.24, 2.45) is 0 Å². The topological polar surface area (TPSA) is 101 Å². The largest absolute Gasteiger partial charge is 0.480 e. The Morgan fingerprint density at radius 1 is 1.33 bits per heavy atom. The molecular weight excluding hydrogens is 294 g/mol. The summed E-state index contributed by atoms with van der Waals surface area (Å²) in [6, 6.07) is -0.0367. The minimum Gasteiger partial charge on any atom is -0.480 e. The van der Waals surface area contributed by atoms with E-state index in [0.717, 1.165) is 32.1 Å². The van der Waals surface area contributed by atoms with E-state index in [0.29, 0.717) is 11.4 Å². The number of nitrogens with zero attached hydrogens (tertiary/aromatic N) is 2. The number of aliphatic carboxylic acids is 1. The molecule has 0 aromatic carbocycles. The van der Waals surface area contributed by atoms with Gasteiger partial charge in [0.05, 0.1) is 11.4 Å². The SMILES string of the molecule is Cc1nn(CC(=O)O)c(C)c1S(=O)(=O)NC1CCCCC1. The quantitative estimate of drug-likeness (QED) is 0.850. The second kappa shape index (κ2) is 6.15. The molecule has 1 aliphatic carbocycles. The predicted octanol–water partition coefficient (Wildman–Crippen LogP) is 1.20. The molecule has 1 aliphatic rings. The molecule has 2 N–H and O–H groups in total. The number of carbonyl (C=O) groups is 1. The van der Waals surface area contributed by atoms with Crippen LogP contribution in [0.5, 0.6) is 0 Å². The molecule has 1 heterocycles. The predicted molar refractivity (Wildman–Crippen MR) is 76.5 cm³/mol. The van der Waals surface area contributed by atoms with Crippen molar-refractivity contribution >= 4 is 16.0 Å². The molecule has 8 heteroatoms. The van der Waals surface area contributed by atoms with E-state index in [-0.39, 0.29) is 17.5 Å². The summed E-state index contributed by atoms with van der Waals surface area (Å²) < 4.78 is 29.0. The molecule has 1 aromatic rings. The van der Waals surface area contributed by atoms with Gasteiger partial charge in [0, 0.05) is 6.04 Å². The molecule has 0 unspecified atom stereocenters. The molecule has 0 radical (unpaired) electrons. The Morgan fingerprint density at radius 2 is 1.95 bits per heavy atom. The number of sulfonamides is 1. The Bertz CT molecular complexity index is 630. The van der Waals surface area contributed by atoms with E-state index >= 15 is 0 Å². The number of aryl methyl sites for hydroxylation is 1. The summed E-state index contributed by atoms with van der Waals surface area (Å²) in [5.74, 6) is -1.05. The van der Waals surface area contributed by atoms with Gasteiger partial charge in [-0.05, 0) is 26.7 Å². The number of rotatable bonds is 5. The normalized spacial score (nSPS) is 17.0. The van der Waals surface area contributed by atoms with Crippen LogP contribution in [0.1, 0.15) is 43.5 Å². The Labute approximate surface area is 124 Å². The van der Waals surface area contributed by atoms with Crippen molar-refractivity contribution in [3.05, 3.63) is 11.4 Å². The Balaban J connectivity index is 2.26. The lowest BCUT2D eigenvalue weighted by Gasteiger charge is -2.22. The fourth-order valence-corrected chi connectivity index (χ4v) is 4.57. The molecule has 0 amide bonds. The molecule has 0 spiro atoms. The molecule has 1 saturated carbocycles. The zero-order valence-corrected chi connectivity index (χ0v) is 13.1. The zero-order chi connectivity index (χ0) is 15.6. The van der Waals surface area contributed by atoms with Gasteiger partial charge < -0.3 is 5.11 Å². The van der Waals surface area contributed by atoms with Crippen LogP contribution in [-0.4, -0.2) is 35.3 Å². The first-order valence-electron chi connectivity index (χ1n) is 7.09. The molecule has 1 fully saturated rings. The maximum absolute atomic E-state index is 12.5. The van der Waals surface area contributed by atoms with Gasteiger partial charge >= 0.3 is 5.97 Å². The van der Waals surface area contributed by atoms with Crippen molar-refractivity contribution in [1.82, 2.24) is 14.5 Å². The highest BCUT2D eigenvalue weighted by atomic mass is 32.2. The van der Waals surface area contributed by atoms with E-state index < -0.39 is 16.0 Å². The fraction of sp³-hybridized carbons (Fsp3) is 0.692. The Kier molecular flexibility index (Phi) is 4.67. The van der Waals surface area contributed by atoms with Gasteiger partial charge in [0.2, 0.25) is 10.0 Å². The number of carboxylic acids is 1. The number of hydrogen-bond acceptors (Lipinski definition) is 4. The maximum atomic E-state index is 12.5. The molecule has 118 valence electrons. The third-order valence-electron chi connectivity index (χ3n) is 3.80. The number of aromatic nitrogens is 2. The summed E-state index contributed by atoms with van der Waals surface area (Å²) in [7, 11) is -3.66. The summed E-state index contributed by atoms with van der Waals surface area (Å²) in [6.45, 7) is 2.82. The van der Waals surface area contributed by atoms with E-state index in [1.54, 1.807) is 13.8 Å². The van der Waals surface area contributed by atoms with Crippen molar-refractivity contribution in [1.29, 1.82) is 0 Å². The summed E-state index contributed by atoms with van der Waals surface area (Å²) >= 11 is 0. The lowest BCUT2D eigenvalue weighted by atomic mass is 9.96. The summed E-state index contributed by atoms with van der Waals surface area (Å²) in [6.07, 6.45) is 4.90. The van der Waals surface area contributed by atoms with E-state index in [4.69, 9.17) is 5.11 Å². The molecule has 1 aromatic heterocycles. The van der Waals surface area contributed by atoms with Gasteiger partial charge in [-0.1, -0.05) is 19.3 Å². The average molecular weight is 315 g/mol. The lowest BCUT2D eigenvalue weighted by Crippen LogP contribution is -2.36. The van der Waals surface area contributed by atoms with Gasteiger partial charge in [0.1, 0.15) is 11.4 Å². The van der Waals surface area contributed by atoms with E-state index in [2.05, 4.69) is 9.82 Å². The summed E-state index contributed by atoms with van der Waals surface area (Å²) in [5.41, 5.74) is 0.690. The highest BCUT2D eigenvalue weighted by Gasteiger charge is 2.28. The molecule has 0 bridgehead atoms. The van der Waals surface area contributed by atoms with E-state index in [9.17, 15) is 13.2 Å². The van der Waals surface area contributed by atoms with Gasteiger partial charge in [-0.2, -0.15) is 5.10 Å². The minimum atomic E-state index is -3.66. The van der Waals surface area contributed by atoms with Crippen molar-refractivity contribution in [2.45, 2.75) is 63.4 Å². The van der Waals surface area contributed by atoms with Crippen LogP contribution >= 0.6 is 0 Å². The van der Waals surface area contributed by atoms with Crippen LogP contribution < -0.4 is 4.72 Å². The standard InChI is InChI=1S/C13H21N3O4S/c1-9-13(10(2)16(14-9)8-12(17)18)21(19,20)15-11-6-4-3-5-7-11/h11,15H,3-8H2,1-2H3,(H,17,18). The first kappa shape index (κ1) is 16.0. The number of nitrogens with one attached hydrogen (secondary N) is 1. The average Bonchev–Trinajstić information content (AvgIpc) is 2.64. The van der Waals surface area contributed by atoms with Crippen molar-refractivity contribution < 1.29 is 18.3 Å². The third kappa shape index (κ3) is 3.62. The van der Waals surface area contributed by atoms with Crippen LogP contribution in [0.2, 0.25) is 0 Å². The van der Waals surface area contributed by atoms with Crippen LogP contribution in [0, 0.1) is 13.8 Å². The number of carboxylic acid groups (broad SMARTS) is 1. The van der Waals surface area contributed by atoms with Crippen LogP contribution in [-0.2, 0) is 21.4 Å². The fourth-order valence-electron chi connectivity index (χ4n) is 2.85. The van der Waals surface area contributed by atoms with Crippen molar-refractivity contribution in [2.75, 3.05) is 0 Å². The molecule has 0 aliphatic heterocycles. The van der Waals surface area contributed by atoms with Gasteiger partial charge in [-0.15, -0.1) is 0 Å². The molecular formula is C13H21N3O4S. The molecule has 0 atom stereocenters. The lowest BCUT2D eigenvalue weighted by molar-refractivity contribution is -0.137. The monoisotopic (exact) mass is 315 g/mol. The van der Waals surface area contributed by atoms with Crippen LogP contribution in [0.4, 0.5) is 0 Å². The van der Waals surface area contributed by atoms with E-state index in [1.165, 1.54) is 4.68 Å². The van der Waals surface area contributed by atoms with Gasteiger partial charge in [0.25, 0.3) is 0 Å². The third-order valence-corrected chi connectivity index (χ3v) is 5.57. The molecule has 0 saturated heterocycles. The second-order valence-corrected chi connectivity index (χ2v) is 7.16. The van der Waals surface area contributed by atoms with E-state index in [1.807, 2.05) is 0 Å². The molecule has 2 rings (SSSR count). The van der Waals surface area contributed by atoms with Crippen LogP contribution in [0.15, 0.2) is 4.90 Å². The van der Waals surface area contributed by atoms with Crippen molar-refractivity contribution in [3.63, 3.8) is 0 Å². The zero-order valence-electron chi connectivity index (χ0n) is 12.3. The number of hydrogen-bond donors (Lipinski definition) is 2. The molecule has 21 heavy (non-hydrogen) atoms. The summed E-state index contributed by atoms with van der Waals surface area (Å²) in [5, 5.41) is 12.9. The highest BCUT2D eigenvalue weighted by molar-refractivity contribution is 7.89. The minimum absolute atomic E-state index is 0.0367. The van der Waals surface area contributed by atoms with Crippen LogP contribution in [0.25, 0.3) is 0 Å². The van der Waals surface area contributed by atoms with Crippen molar-refractivity contribution in [3.8, 4) is 0 Å². The second-order valence-electron chi connectivity index (χ2n) is 5.51. The van der Waals surface area contributed by atoms with Crippen LogP contribution in [0.3, 0.4) is 0 Å². The Morgan fingerprint density at radius 3 is 2.52 bits per heavy atom. The Hall–Kier alpha value is -1.41. The smallest absolute Gasteiger partial charge is 0.325 e. The first-order chi connectivity index (χ1) is 9.81. The maximum Gasteiger partial charge on any atom is 0.325 e. The first-order valence-corrected chi connectivity index (χ1v) is 8.57. The van der Waals surface area contributed by atoms with Gasteiger partial charge in [-0.25, -0.2) is 13.1 Å². The van der Waals surface area contributed by atoms with Gasteiger partial charge in [-0.3, -0.25) is 9.48 Å². The highest BCUT2D eigenvalue weighted by Crippen LogP contribution is 2.23. The molecule has 7 nitrogen and oxygen atoms in total. The van der Waals surface area contributed by atoms with Gasteiger partial charge in [0.15, 0.2) is 0 Å². The summed E-state index contributed by atoms with van der Waals surface area (Å²) in [4.78, 5) is 10.9.